The lowest BCUT2D eigenvalue weighted by molar-refractivity contribution is -0.0776. The Labute approximate surface area is 138 Å². The van der Waals surface area contributed by atoms with Crippen molar-refractivity contribution < 1.29 is 13.2 Å². The zero-order valence-corrected chi connectivity index (χ0v) is 14.5. The van der Waals surface area contributed by atoms with Gasteiger partial charge in [-0.2, -0.15) is 5.26 Å². The molecule has 126 valence electrons. The van der Waals surface area contributed by atoms with Gasteiger partial charge in [-0.05, 0) is 45.0 Å². The van der Waals surface area contributed by atoms with Crippen LogP contribution in [0.15, 0.2) is 29.2 Å². The van der Waals surface area contributed by atoms with E-state index in [1.165, 1.54) is 24.3 Å². The van der Waals surface area contributed by atoms with E-state index in [2.05, 4.69) is 9.62 Å². The number of ether oxygens (including phenoxy) is 1. The topological polar surface area (TPSA) is 82.4 Å². The van der Waals surface area contributed by atoms with E-state index in [0.29, 0.717) is 12.1 Å². The van der Waals surface area contributed by atoms with Crippen LogP contribution < -0.4 is 4.72 Å². The predicted octanol–water partition coefficient (Wildman–Crippen LogP) is 1.33. The maximum atomic E-state index is 12.3. The molecule has 1 N–H and O–H groups in total. The van der Waals surface area contributed by atoms with E-state index < -0.39 is 10.0 Å². The van der Waals surface area contributed by atoms with Crippen LogP contribution in [0, 0.1) is 11.3 Å². The third kappa shape index (κ3) is 4.75. The van der Waals surface area contributed by atoms with Crippen LogP contribution in [-0.4, -0.2) is 51.2 Å². The molecule has 1 saturated heterocycles. The Morgan fingerprint density at radius 3 is 2.39 bits per heavy atom. The highest BCUT2D eigenvalue weighted by Crippen LogP contribution is 2.14. The first-order valence-electron chi connectivity index (χ1n) is 7.71. The summed E-state index contributed by atoms with van der Waals surface area (Å²) < 4.78 is 33.0. The highest BCUT2D eigenvalue weighted by atomic mass is 32.2. The van der Waals surface area contributed by atoms with Crippen LogP contribution >= 0.6 is 0 Å². The average molecular weight is 337 g/mol. The van der Waals surface area contributed by atoms with Gasteiger partial charge in [-0.3, -0.25) is 4.90 Å². The number of benzene rings is 1. The Balaban J connectivity index is 1.96. The molecule has 0 amide bonds. The maximum absolute atomic E-state index is 12.3. The molecule has 1 heterocycles. The lowest BCUT2D eigenvalue weighted by Crippen LogP contribution is -2.52. The quantitative estimate of drug-likeness (QED) is 0.876. The van der Waals surface area contributed by atoms with E-state index in [1.807, 2.05) is 26.8 Å². The van der Waals surface area contributed by atoms with E-state index >= 15 is 0 Å². The van der Waals surface area contributed by atoms with Crippen LogP contribution in [0.25, 0.3) is 0 Å². The van der Waals surface area contributed by atoms with Gasteiger partial charge in [-0.1, -0.05) is 0 Å². The van der Waals surface area contributed by atoms with Crippen LogP contribution in [0.3, 0.4) is 0 Å². The monoisotopic (exact) mass is 337 g/mol. The Morgan fingerprint density at radius 1 is 1.30 bits per heavy atom. The van der Waals surface area contributed by atoms with Crippen molar-refractivity contribution in [3.05, 3.63) is 29.8 Å². The Bertz CT molecular complexity index is 657. The van der Waals surface area contributed by atoms with Crippen molar-refractivity contribution in [3.8, 4) is 6.07 Å². The summed E-state index contributed by atoms with van der Waals surface area (Å²) in [4.78, 5) is 2.41. The molecule has 23 heavy (non-hydrogen) atoms. The molecule has 1 fully saturated rings. The predicted molar refractivity (Wildman–Crippen MR) is 87.4 cm³/mol. The molecule has 2 rings (SSSR count). The number of hydrogen-bond acceptors (Lipinski definition) is 5. The van der Waals surface area contributed by atoms with Crippen molar-refractivity contribution in [2.75, 3.05) is 19.6 Å². The fourth-order valence-corrected chi connectivity index (χ4v) is 3.85. The van der Waals surface area contributed by atoms with Crippen LogP contribution in [0.4, 0.5) is 0 Å². The maximum Gasteiger partial charge on any atom is 0.240 e. The molecule has 1 aromatic rings. The van der Waals surface area contributed by atoms with Gasteiger partial charge < -0.3 is 4.74 Å². The molecule has 0 unspecified atom stereocenters. The highest BCUT2D eigenvalue weighted by Gasteiger charge is 2.26. The number of rotatable bonds is 5. The number of hydrogen-bond donors (Lipinski definition) is 1. The molecular formula is C16H23N3O3S. The highest BCUT2D eigenvalue weighted by molar-refractivity contribution is 7.89. The van der Waals surface area contributed by atoms with Crippen molar-refractivity contribution in [1.82, 2.24) is 9.62 Å². The molecular weight excluding hydrogens is 314 g/mol. The molecule has 0 aromatic heterocycles. The van der Waals surface area contributed by atoms with Crippen LogP contribution in [-0.2, 0) is 14.8 Å². The third-order valence-corrected chi connectivity index (χ3v) is 5.37. The fraction of sp³-hybridized carbons (Fsp3) is 0.562. The summed E-state index contributed by atoms with van der Waals surface area (Å²) in [6, 6.07) is 7.96. The lowest BCUT2D eigenvalue weighted by atomic mass is 10.2. The Morgan fingerprint density at radius 2 is 1.87 bits per heavy atom. The van der Waals surface area contributed by atoms with Gasteiger partial charge in [0.15, 0.2) is 0 Å². The lowest BCUT2D eigenvalue weighted by Gasteiger charge is -2.38. The summed E-state index contributed by atoms with van der Waals surface area (Å²) in [5.41, 5.74) is 0.439. The van der Waals surface area contributed by atoms with E-state index in [9.17, 15) is 8.42 Å². The van der Waals surface area contributed by atoms with Crippen LogP contribution in [0.2, 0.25) is 0 Å². The zero-order valence-electron chi connectivity index (χ0n) is 13.7. The molecule has 0 bridgehead atoms. The molecule has 6 nitrogen and oxygen atoms in total. The summed E-state index contributed by atoms with van der Waals surface area (Å²) in [5.74, 6) is 0. The molecule has 1 aromatic carbocycles. The SMILES string of the molecule is C[C@@H]1CN([C@H](C)CNS(=O)(=O)c2ccc(C#N)cc2)C[C@H](C)O1. The van der Waals surface area contributed by atoms with Gasteiger partial charge >= 0.3 is 0 Å². The molecule has 3 atom stereocenters. The van der Waals surface area contributed by atoms with Gasteiger partial charge in [0, 0.05) is 25.7 Å². The zero-order chi connectivity index (χ0) is 17.0. The van der Waals surface area contributed by atoms with E-state index in [0.717, 1.165) is 13.1 Å². The Hall–Kier alpha value is -1.46. The summed E-state index contributed by atoms with van der Waals surface area (Å²) in [6.45, 7) is 7.98. The first kappa shape index (κ1) is 17.9. The summed E-state index contributed by atoms with van der Waals surface area (Å²) in [7, 11) is -3.56. The van der Waals surface area contributed by atoms with E-state index in [4.69, 9.17) is 10.00 Å². The summed E-state index contributed by atoms with van der Waals surface area (Å²) >= 11 is 0. The van der Waals surface area contributed by atoms with Gasteiger partial charge in [0.2, 0.25) is 10.0 Å². The summed E-state index contributed by atoms with van der Waals surface area (Å²) in [6.07, 6.45) is 0.299. The number of morpholine rings is 1. The average Bonchev–Trinajstić information content (AvgIpc) is 2.52. The van der Waals surface area contributed by atoms with E-state index in [-0.39, 0.29) is 23.1 Å². The summed E-state index contributed by atoms with van der Waals surface area (Å²) in [5, 5.41) is 8.76. The minimum atomic E-state index is -3.56. The Kier molecular flexibility index (Phi) is 5.76. The number of nitriles is 1. The number of nitrogens with one attached hydrogen (secondary N) is 1. The standard InChI is InChI=1S/C16H23N3O3S/c1-12(19-10-13(2)22-14(3)11-19)9-18-23(20,21)16-6-4-15(8-17)5-7-16/h4-7,12-14,18H,9-11H2,1-3H3/t12-,13-,14+/m1/s1. The second-order valence-corrected chi connectivity index (χ2v) is 7.82. The van der Waals surface area contributed by atoms with Gasteiger partial charge in [0.25, 0.3) is 0 Å². The second-order valence-electron chi connectivity index (χ2n) is 6.05. The van der Waals surface area contributed by atoms with E-state index in [1.54, 1.807) is 0 Å². The molecule has 0 radical (unpaired) electrons. The molecule has 1 aliphatic heterocycles. The van der Waals surface area contributed by atoms with Crippen molar-refractivity contribution >= 4 is 10.0 Å². The molecule has 0 spiro atoms. The van der Waals surface area contributed by atoms with Crippen LogP contribution in [0.1, 0.15) is 26.3 Å². The molecule has 7 heteroatoms. The first-order valence-corrected chi connectivity index (χ1v) is 9.19. The minimum absolute atomic E-state index is 0.0805. The normalized spacial score (nSPS) is 24.1. The second kappa shape index (κ2) is 7.41. The molecule has 1 aliphatic rings. The van der Waals surface area contributed by atoms with Gasteiger partial charge in [0.05, 0.1) is 28.7 Å². The van der Waals surface area contributed by atoms with Crippen molar-refractivity contribution in [2.24, 2.45) is 0 Å². The van der Waals surface area contributed by atoms with Crippen molar-refractivity contribution in [2.45, 2.75) is 43.9 Å². The molecule has 0 saturated carbocycles. The fourth-order valence-electron chi connectivity index (χ4n) is 2.73. The first-order chi connectivity index (χ1) is 10.8. The number of nitrogens with zero attached hydrogens (tertiary/aromatic N) is 2. The van der Waals surface area contributed by atoms with Crippen molar-refractivity contribution in [3.63, 3.8) is 0 Å². The molecule has 0 aliphatic carbocycles. The van der Waals surface area contributed by atoms with Crippen LogP contribution in [0.5, 0.6) is 0 Å². The van der Waals surface area contributed by atoms with Gasteiger partial charge in [0.1, 0.15) is 0 Å². The minimum Gasteiger partial charge on any atom is -0.373 e. The van der Waals surface area contributed by atoms with Gasteiger partial charge in [-0.25, -0.2) is 13.1 Å². The smallest absolute Gasteiger partial charge is 0.240 e. The number of sulfonamides is 1. The largest absolute Gasteiger partial charge is 0.373 e. The van der Waals surface area contributed by atoms with Gasteiger partial charge in [-0.15, -0.1) is 0 Å². The third-order valence-electron chi connectivity index (χ3n) is 3.93. The van der Waals surface area contributed by atoms with Crippen molar-refractivity contribution in [1.29, 1.82) is 5.26 Å².